The molecule has 0 unspecified atom stereocenters. The molecule has 1 atom stereocenters. The highest BCUT2D eigenvalue weighted by molar-refractivity contribution is 6.30. The average molecular weight is 372 g/mol. The van der Waals surface area contributed by atoms with E-state index in [9.17, 15) is 14.4 Å². The molecule has 0 aliphatic carbocycles. The zero-order chi connectivity index (χ0) is 18.7. The molecule has 26 heavy (non-hydrogen) atoms. The van der Waals surface area contributed by atoms with Crippen molar-refractivity contribution in [2.75, 3.05) is 5.32 Å². The molecule has 3 aromatic rings. The van der Waals surface area contributed by atoms with Crippen LogP contribution in [0.5, 0.6) is 0 Å². The lowest BCUT2D eigenvalue weighted by atomic mass is 10.1. The van der Waals surface area contributed by atoms with Crippen molar-refractivity contribution < 1.29 is 14.3 Å². The van der Waals surface area contributed by atoms with Crippen LogP contribution in [-0.2, 0) is 9.53 Å². The van der Waals surface area contributed by atoms with Crippen LogP contribution in [0, 0.1) is 0 Å². The minimum Gasteiger partial charge on any atom is -0.448 e. The van der Waals surface area contributed by atoms with Crippen molar-refractivity contribution in [3.8, 4) is 0 Å². The Labute approximate surface area is 152 Å². The third-order valence-electron chi connectivity index (χ3n) is 3.65. The van der Waals surface area contributed by atoms with Gasteiger partial charge in [0.1, 0.15) is 0 Å². The topological polar surface area (TPSA) is 101 Å². The van der Waals surface area contributed by atoms with Crippen molar-refractivity contribution in [1.82, 2.24) is 10.2 Å². The summed E-state index contributed by atoms with van der Waals surface area (Å²) in [5.41, 5.74) is 0.0481. The summed E-state index contributed by atoms with van der Waals surface area (Å²) < 4.78 is 5.18. The Morgan fingerprint density at radius 2 is 1.77 bits per heavy atom. The van der Waals surface area contributed by atoms with Gasteiger partial charge < -0.3 is 10.1 Å². The molecular weight excluding hydrogens is 358 g/mol. The monoisotopic (exact) mass is 371 g/mol. The van der Waals surface area contributed by atoms with Crippen molar-refractivity contribution in [2.24, 2.45) is 0 Å². The van der Waals surface area contributed by atoms with Gasteiger partial charge in [-0.2, -0.15) is 5.10 Å². The van der Waals surface area contributed by atoms with Gasteiger partial charge in [-0.25, -0.2) is 9.89 Å². The zero-order valence-corrected chi connectivity index (χ0v) is 14.4. The van der Waals surface area contributed by atoms with Crippen molar-refractivity contribution >= 4 is 39.9 Å². The lowest BCUT2D eigenvalue weighted by Crippen LogP contribution is -2.30. The molecule has 7 nitrogen and oxygen atoms in total. The summed E-state index contributed by atoms with van der Waals surface area (Å²) in [4.78, 5) is 36.3. The first kappa shape index (κ1) is 17.6. The Hall–Kier alpha value is -3.19. The molecule has 0 bridgehead atoms. The first-order valence-electron chi connectivity index (χ1n) is 7.70. The molecule has 8 heteroatoms. The number of benzene rings is 2. The predicted molar refractivity (Wildman–Crippen MR) is 97.3 cm³/mol. The number of amides is 1. The quantitative estimate of drug-likeness (QED) is 0.687. The number of aromatic nitrogens is 2. The molecule has 1 amide bonds. The van der Waals surface area contributed by atoms with Crippen LogP contribution in [0.25, 0.3) is 10.8 Å². The van der Waals surface area contributed by atoms with Crippen LogP contribution in [0.3, 0.4) is 0 Å². The number of ether oxygens (including phenoxy) is 1. The minimum absolute atomic E-state index is 0.0636. The number of carbonyl (C=O) groups is 2. The number of hydrogen-bond acceptors (Lipinski definition) is 5. The summed E-state index contributed by atoms with van der Waals surface area (Å²) in [6.07, 6.45) is -1.06. The number of halogens is 1. The van der Waals surface area contributed by atoms with E-state index in [0.717, 1.165) is 0 Å². The van der Waals surface area contributed by atoms with Crippen molar-refractivity contribution in [3.63, 3.8) is 0 Å². The molecule has 3 rings (SSSR count). The fraction of sp³-hybridized carbons (Fsp3) is 0.111. The Balaban J connectivity index is 1.75. The van der Waals surface area contributed by atoms with E-state index in [1.165, 1.54) is 6.92 Å². The summed E-state index contributed by atoms with van der Waals surface area (Å²) >= 11 is 5.79. The normalized spacial score (nSPS) is 11.8. The van der Waals surface area contributed by atoms with Crippen molar-refractivity contribution in [2.45, 2.75) is 13.0 Å². The maximum atomic E-state index is 12.4. The van der Waals surface area contributed by atoms with Gasteiger partial charge in [0.05, 0.1) is 5.39 Å². The van der Waals surface area contributed by atoms with Gasteiger partial charge in [-0.15, -0.1) is 0 Å². The van der Waals surface area contributed by atoms with E-state index in [-0.39, 0.29) is 5.69 Å². The second-order valence-corrected chi connectivity index (χ2v) is 5.93. The van der Waals surface area contributed by atoms with Gasteiger partial charge in [-0.1, -0.05) is 29.8 Å². The lowest BCUT2D eigenvalue weighted by molar-refractivity contribution is -0.123. The van der Waals surface area contributed by atoms with Crippen LogP contribution >= 0.6 is 11.6 Å². The Bertz CT molecular complexity index is 1030. The standard InChI is InChI=1S/C18H14ClN3O4/c1-10(16(23)20-12-8-6-11(19)7-9-12)26-18(25)15-13-4-2-3-5-14(13)17(24)22-21-15/h2-10H,1H3,(H,20,23)(H,22,24)/t10-/m0/s1. The van der Waals surface area contributed by atoms with Crippen LogP contribution < -0.4 is 10.9 Å². The van der Waals surface area contributed by atoms with E-state index in [1.54, 1.807) is 48.5 Å². The van der Waals surface area contributed by atoms with Crippen LogP contribution in [0.2, 0.25) is 5.02 Å². The van der Waals surface area contributed by atoms with Crippen molar-refractivity contribution in [3.05, 3.63) is 69.6 Å². The average Bonchev–Trinajstić information content (AvgIpc) is 2.64. The number of fused-ring (bicyclic) bond motifs is 1. The molecule has 0 spiro atoms. The smallest absolute Gasteiger partial charge is 0.360 e. The number of esters is 1. The molecule has 0 fully saturated rings. The fourth-order valence-corrected chi connectivity index (χ4v) is 2.44. The molecule has 0 aliphatic heterocycles. The van der Waals surface area contributed by atoms with Crippen LogP contribution in [0.4, 0.5) is 5.69 Å². The first-order valence-corrected chi connectivity index (χ1v) is 8.08. The van der Waals surface area contributed by atoms with Gasteiger partial charge in [0.25, 0.3) is 11.5 Å². The maximum Gasteiger partial charge on any atom is 0.360 e. The number of anilines is 1. The highest BCUT2D eigenvalue weighted by atomic mass is 35.5. The molecule has 132 valence electrons. The maximum absolute atomic E-state index is 12.4. The lowest BCUT2D eigenvalue weighted by Gasteiger charge is -2.13. The van der Waals surface area contributed by atoms with E-state index in [0.29, 0.717) is 21.5 Å². The third kappa shape index (κ3) is 3.73. The molecule has 2 N–H and O–H groups in total. The molecule has 0 saturated heterocycles. The number of nitrogens with zero attached hydrogens (tertiary/aromatic N) is 1. The van der Waals surface area contributed by atoms with Gasteiger partial charge >= 0.3 is 5.97 Å². The fourth-order valence-electron chi connectivity index (χ4n) is 2.32. The molecule has 1 heterocycles. The number of rotatable bonds is 4. The van der Waals surface area contributed by atoms with Crippen molar-refractivity contribution in [1.29, 1.82) is 0 Å². The molecule has 1 aromatic heterocycles. The number of hydrogen-bond donors (Lipinski definition) is 2. The highest BCUT2D eigenvalue weighted by Crippen LogP contribution is 2.16. The van der Waals surface area contributed by atoms with E-state index in [4.69, 9.17) is 16.3 Å². The largest absolute Gasteiger partial charge is 0.448 e. The second kappa shape index (κ2) is 7.37. The molecular formula is C18H14ClN3O4. The van der Waals surface area contributed by atoms with E-state index < -0.39 is 23.5 Å². The number of carbonyl (C=O) groups excluding carboxylic acids is 2. The van der Waals surface area contributed by atoms with Gasteiger partial charge in [-0.05, 0) is 37.3 Å². The van der Waals surface area contributed by atoms with Gasteiger partial charge in [-0.3, -0.25) is 9.59 Å². The third-order valence-corrected chi connectivity index (χ3v) is 3.91. The Morgan fingerprint density at radius 3 is 2.46 bits per heavy atom. The molecule has 0 saturated carbocycles. The molecule has 0 aliphatic rings. The Morgan fingerprint density at radius 1 is 1.12 bits per heavy atom. The van der Waals surface area contributed by atoms with E-state index in [1.807, 2.05) is 0 Å². The summed E-state index contributed by atoms with van der Waals surface area (Å²) in [5.74, 6) is -1.31. The molecule has 0 radical (unpaired) electrons. The van der Waals surface area contributed by atoms with Crippen LogP contribution in [-0.4, -0.2) is 28.2 Å². The summed E-state index contributed by atoms with van der Waals surface area (Å²) in [7, 11) is 0. The first-order chi connectivity index (χ1) is 12.5. The second-order valence-electron chi connectivity index (χ2n) is 5.49. The highest BCUT2D eigenvalue weighted by Gasteiger charge is 2.22. The van der Waals surface area contributed by atoms with E-state index >= 15 is 0 Å². The van der Waals surface area contributed by atoms with Gasteiger partial charge in [0.15, 0.2) is 11.8 Å². The van der Waals surface area contributed by atoms with E-state index in [2.05, 4.69) is 15.5 Å². The van der Waals surface area contributed by atoms with Gasteiger partial charge in [0, 0.05) is 16.1 Å². The number of nitrogens with one attached hydrogen (secondary N) is 2. The van der Waals surface area contributed by atoms with Gasteiger partial charge in [0.2, 0.25) is 0 Å². The summed E-state index contributed by atoms with van der Waals surface area (Å²) in [6.45, 7) is 1.44. The van der Waals surface area contributed by atoms with Crippen LogP contribution in [0.15, 0.2) is 53.3 Å². The number of aromatic amines is 1. The van der Waals surface area contributed by atoms with Crippen LogP contribution in [0.1, 0.15) is 17.4 Å². The summed E-state index contributed by atoms with van der Waals surface area (Å²) in [5, 5.41) is 9.83. The Kier molecular flexibility index (Phi) is 4.99. The zero-order valence-electron chi connectivity index (χ0n) is 13.7. The molecule has 2 aromatic carbocycles. The minimum atomic E-state index is -1.06. The SMILES string of the molecule is C[C@H](OC(=O)c1n[nH]c(=O)c2ccccc12)C(=O)Nc1ccc(Cl)cc1. The number of H-pyrrole nitrogens is 1. The predicted octanol–water partition coefficient (Wildman–Crippen LogP) is 2.76. The summed E-state index contributed by atoms with van der Waals surface area (Å²) in [6, 6.07) is 13.0.